The Morgan fingerprint density at radius 1 is 1.36 bits per heavy atom. The van der Waals surface area contributed by atoms with E-state index in [2.05, 4.69) is 4.74 Å². The van der Waals surface area contributed by atoms with Crippen molar-refractivity contribution < 1.29 is 19.4 Å². The van der Waals surface area contributed by atoms with E-state index in [-0.39, 0.29) is 12.2 Å². The van der Waals surface area contributed by atoms with E-state index >= 15 is 0 Å². The summed E-state index contributed by atoms with van der Waals surface area (Å²) in [6.45, 7) is 0.290. The Hall–Kier alpha value is -3.02. The van der Waals surface area contributed by atoms with E-state index in [0.717, 1.165) is 0 Å². The molecule has 0 fully saturated rings. The van der Waals surface area contributed by atoms with E-state index in [1.807, 2.05) is 0 Å². The molecule has 22 heavy (non-hydrogen) atoms. The van der Waals surface area contributed by atoms with Gasteiger partial charge in [0.05, 0.1) is 11.5 Å². The third-order valence-corrected chi connectivity index (χ3v) is 3.08. The normalized spacial score (nSPS) is 14.2. The van der Waals surface area contributed by atoms with Crippen LogP contribution in [0.25, 0.3) is 0 Å². The van der Waals surface area contributed by atoms with E-state index in [1.165, 1.54) is 37.3 Å². The molecule has 9 nitrogen and oxygen atoms in total. The van der Waals surface area contributed by atoms with Gasteiger partial charge in [0.25, 0.3) is 0 Å². The van der Waals surface area contributed by atoms with Crippen LogP contribution in [-0.2, 0) is 9.53 Å². The van der Waals surface area contributed by atoms with E-state index in [1.54, 1.807) is 6.07 Å². The molecule has 0 saturated carbocycles. The third-order valence-electron chi connectivity index (χ3n) is 3.08. The van der Waals surface area contributed by atoms with Crippen molar-refractivity contribution in [1.29, 1.82) is 5.26 Å². The molecule has 0 aromatic heterocycles. The van der Waals surface area contributed by atoms with Crippen molar-refractivity contribution in [2.45, 2.75) is 18.4 Å². The molecule has 0 aliphatic rings. The van der Waals surface area contributed by atoms with Gasteiger partial charge in [-0.15, -0.1) is 0 Å². The predicted molar refractivity (Wildman–Crippen MR) is 73.0 cm³/mol. The van der Waals surface area contributed by atoms with Crippen LogP contribution in [0.4, 0.5) is 0 Å². The molecule has 2 unspecified atom stereocenters. The SMILES string of the molecule is CCOC(=O)C(C#N)(C(C[N+](=O)[O-])c1ccccc1)[N+](=O)[O-]. The molecule has 116 valence electrons. The van der Waals surface area contributed by atoms with Crippen molar-refractivity contribution in [3.05, 3.63) is 56.1 Å². The largest absolute Gasteiger partial charge is 0.460 e. The molecule has 0 radical (unpaired) electrons. The fraction of sp³-hybridized carbons (Fsp3) is 0.385. The summed E-state index contributed by atoms with van der Waals surface area (Å²) in [4.78, 5) is 32.4. The maximum Gasteiger partial charge on any atom is 0.412 e. The number of carbonyl (C=O) groups excluding carboxylic acids is 1. The second-order valence-corrected chi connectivity index (χ2v) is 4.33. The van der Waals surface area contributed by atoms with Gasteiger partial charge in [-0.1, -0.05) is 30.3 Å². The number of nitro groups is 2. The van der Waals surface area contributed by atoms with Gasteiger partial charge in [0.1, 0.15) is 5.92 Å². The summed E-state index contributed by atoms with van der Waals surface area (Å²) in [5, 5.41) is 31.6. The van der Waals surface area contributed by atoms with Crippen LogP contribution in [0.5, 0.6) is 0 Å². The molecule has 0 saturated heterocycles. The molecule has 2 atom stereocenters. The van der Waals surface area contributed by atoms with Crippen molar-refractivity contribution in [3.8, 4) is 6.07 Å². The van der Waals surface area contributed by atoms with Gasteiger partial charge < -0.3 is 4.74 Å². The molecule has 1 aromatic carbocycles. The maximum absolute atomic E-state index is 12.0. The highest BCUT2D eigenvalue weighted by Gasteiger charge is 2.62. The van der Waals surface area contributed by atoms with E-state index in [0.29, 0.717) is 0 Å². The zero-order valence-electron chi connectivity index (χ0n) is 11.7. The zero-order chi connectivity index (χ0) is 16.8. The molecule has 0 aliphatic carbocycles. The van der Waals surface area contributed by atoms with E-state index in [4.69, 9.17) is 0 Å². The smallest absolute Gasteiger partial charge is 0.412 e. The minimum absolute atomic E-state index is 0.144. The first kappa shape index (κ1) is 17.0. The van der Waals surface area contributed by atoms with Gasteiger partial charge in [0, 0.05) is 4.92 Å². The summed E-state index contributed by atoms with van der Waals surface area (Å²) in [5.41, 5.74) is -2.73. The van der Waals surface area contributed by atoms with Crippen LogP contribution in [0.3, 0.4) is 0 Å². The van der Waals surface area contributed by atoms with Gasteiger partial charge in [0.15, 0.2) is 6.07 Å². The van der Waals surface area contributed by atoms with Crippen molar-refractivity contribution in [2.24, 2.45) is 0 Å². The molecule has 0 aliphatic heterocycles. The zero-order valence-corrected chi connectivity index (χ0v) is 11.7. The van der Waals surface area contributed by atoms with E-state index in [9.17, 15) is 30.3 Å². The Bertz CT molecular complexity index is 612. The summed E-state index contributed by atoms with van der Waals surface area (Å²) >= 11 is 0. The average molecular weight is 307 g/mol. The van der Waals surface area contributed by atoms with Gasteiger partial charge in [-0.25, -0.2) is 4.79 Å². The highest BCUT2D eigenvalue weighted by molar-refractivity contribution is 5.84. The molecule has 9 heteroatoms. The van der Waals surface area contributed by atoms with Gasteiger partial charge in [-0.3, -0.25) is 20.2 Å². The fourth-order valence-electron chi connectivity index (χ4n) is 2.06. The first-order valence-corrected chi connectivity index (χ1v) is 6.29. The topological polar surface area (TPSA) is 136 Å². The standard InChI is InChI=1S/C13H13N3O6/c1-2-22-12(17)13(9-14,16(20)21)11(8-15(18)19)10-6-4-3-5-7-10/h3-7,11H,2,8H2,1H3. The maximum atomic E-state index is 12.0. The molecule has 1 rings (SSSR count). The minimum atomic E-state index is -2.87. The number of nitrogens with zero attached hydrogens (tertiary/aromatic N) is 3. The Kier molecular flexibility index (Phi) is 5.51. The molecule has 0 amide bonds. The average Bonchev–Trinajstić information content (AvgIpc) is 2.48. The molecular formula is C13H13N3O6. The molecule has 0 spiro atoms. The van der Waals surface area contributed by atoms with E-state index < -0.39 is 33.8 Å². The van der Waals surface area contributed by atoms with Crippen LogP contribution in [0.2, 0.25) is 0 Å². The Morgan fingerprint density at radius 3 is 2.36 bits per heavy atom. The van der Waals surface area contributed by atoms with Crippen LogP contribution < -0.4 is 0 Å². The predicted octanol–water partition coefficient (Wildman–Crippen LogP) is 1.15. The number of ether oxygens (including phenoxy) is 1. The summed E-state index contributed by atoms with van der Waals surface area (Å²) in [6.07, 6.45) is 0. The number of nitriles is 1. The molecule has 0 bridgehead atoms. The summed E-state index contributed by atoms with van der Waals surface area (Å²) in [6, 6.07) is 8.74. The molecule has 1 aromatic rings. The van der Waals surface area contributed by atoms with Crippen LogP contribution >= 0.6 is 0 Å². The second-order valence-electron chi connectivity index (χ2n) is 4.33. The lowest BCUT2D eigenvalue weighted by Gasteiger charge is -2.23. The lowest BCUT2D eigenvalue weighted by Crippen LogP contribution is -2.53. The van der Waals surface area contributed by atoms with Crippen LogP contribution in [0.1, 0.15) is 18.4 Å². The second kappa shape index (κ2) is 7.12. The van der Waals surface area contributed by atoms with Crippen molar-refractivity contribution in [3.63, 3.8) is 0 Å². The molecule has 0 N–H and O–H groups in total. The lowest BCUT2D eigenvalue weighted by molar-refractivity contribution is -0.560. The minimum Gasteiger partial charge on any atom is -0.460 e. The van der Waals surface area contributed by atoms with Crippen LogP contribution in [-0.4, -0.2) is 34.5 Å². The number of carbonyl (C=O) groups is 1. The Morgan fingerprint density at radius 2 is 1.95 bits per heavy atom. The monoisotopic (exact) mass is 307 g/mol. The Balaban J connectivity index is 3.50. The Labute approximate surface area is 125 Å². The van der Waals surface area contributed by atoms with Crippen molar-refractivity contribution in [1.82, 2.24) is 0 Å². The number of esters is 1. The van der Waals surface area contributed by atoms with Gasteiger partial charge in [0.2, 0.25) is 6.54 Å². The highest BCUT2D eigenvalue weighted by Crippen LogP contribution is 2.32. The van der Waals surface area contributed by atoms with Crippen molar-refractivity contribution in [2.75, 3.05) is 13.2 Å². The number of hydrogen-bond acceptors (Lipinski definition) is 7. The summed E-state index contributed by atoms with van der Waals surface area (Å²) in [5.74, 6) is -2.97. The van der Waals surface area contributed by atoms with Crippen LogP contribution in [0.15, 0.2) is 30.3 Å². The van der Waals surface area contributed by atoms with Gasteiger partial charge in [-0.05, 0) is 12.5 Å². The van der Waals surface area contributed by atoms with Crippen LogP contribution in [0, 0.1) is 31.6 Å². The number of hydrogen-bond donors (Lipinski definition) is 0. The van der Waals surface area contributed by atoms with Gasteiger partial charge in [-0.2, -0.15) is 5.26 Å². The molecular weight excluding hydrogens is 294 g/mol. The van der Waals surface area contributed by atoms with Crippen molar-refractivity contribution >= 4 is 5.97 Å². The number of rotatable bonds is 7. The third kappa shape index (κ3) is 3.17. The van der Waals surface area contributed by atoms with Gasteiger partial charge >= 0.3 is 11.5 Å². The highest BCUT2D eigenvalue weighted by atomic mass is 16.6. The first-order valence-electron chi connectivity index (χ1n) is 6.29. The fourth-order valence-corrected chi connectivity index (χ4v) is 2.06. The summed E-state index contributed by atoms with van der Waals surface area (Å²) in [7, 11) is 0. The quantitative estimate of drug-likeness (QED) is 0.418. The first-order chi connectivity index (χ1) is 10.4. The number of benzene rings is 1. The molecule has 0 heterocycles. The summed E-state index contributed by atoms with van der Waals surface area (Å²) < 4.78 is 4.62. The lowest BCUT2D eigenvalue weighted by atomic mass is 9.80.